The van der Waals surface area contributed by atoms with Gasteiger partial charge in [0.15, 0.2) is 0 Å². The van der Waals surface area contributed by atoms with Gasteiger partial charge in [-0.25, -0.2) is 4.79 Å². The van der Waals surface area contributed by atoms with Gasteiger partial charge in [-0.2, -0.15) is 3.89 Å². The molecule has 0 spiro atoms. The molecule has 18 heavy (non-hydrogen) atoms. The summed E-state index contributed by atoms with van der Waals surface area (Å²) in [5.74, 6) is -1.90. The van der Waals surface area contributed by atoms with E-state index in [0.29, 0.717) is 9.96 Å². The van der Waals surface area contributed by atoms with Gasteiger partial charge in [0.2, 0.25) is 0 Å². The molecule has 0 N–H and O–H groups in total. The predicted octanol–water partition coefficient (Wildman–Crippen LogP) is 1.88. The second-order valence-corrected chi connectivity index (χ2v) is 4.19. The lowest BCUT2D eigenvalue weighted by atomic mass is 10.2. The summed E-state index contributed by atoms with van der Waals surface area (Å²) in [7, 11) is 0. The van der Waals surface area contributed by atoms with Crippen LogP contribution in [0, 0.1) is 0 Å². The fourth-order valence-electron chi connectivity index (χ4n) is 1.44. The maximum atomic E-state index is 12.2. The number of nitrogens with zero attached hydrogens (tertiary/aromatic N) is 1. The largest absolute Gasteiger partial charge is 0.363 e. The molecule has 1 aliphatic heterocycles. The van der Waals surface area contributed by atoms with Crippen molar-refractivity contribution < 1.29 is 23.1 Å². The number of halogens is 1. The van der Waals surface area contributed by atoms with Gasteiger partial charge < -0.3 is 4.84 Å². The number of benzene rings is 1. The first-order chi connectivity index (χ1) is 8.61. The van der Waals surface area contributed by atoms with Gasteiger partial charge in [0.25, 0.3) is 11.8 Å². The Hall–Kier alpha value is -1.89. The minimum absolute atomic E-state index is 0.0452. The molecule has 1 aliphatic rings. The van der Waals surface area contributed by atoms with Crippen molar-refractivity contribution in [3.8, 4) is 0 Å². The molecular formula is C11H8FNO4S. The molecule has 1 heterocycles. The smallest absolute Gasteiger partial charge is 0.325 e. The van der Waals surface area contributed by atoms with Crippen LogP contribution in [0.3, 0.4) is 0 Å². The summed E-state index contributed by atoms with van der Waals surface area (Å²) in [5, 5.41) is 0.472. The molecule has 1 aromatic carbocycles. The van der Waals surface area contributed by atoms with Crippen LogP contribution in [0.15, 0.2) is 29.2 Å². The predicted molar refractivity (Wildman–Crippen MR) is 59.9 cm³/mol. The third-order valence-electron chi connectivity index (χ3n) is 2.36. The van der Waals surface area contributed by atoms with Crippen molar-refractivity contribution in [2.75, 3.05) is 0 Å². The van der Waals surface area contributed by atoms with E-state index < -0.39 is 17.8 Å². The van der Waals surface area contributed by atoms with Crippen LogP contribution in [0.25, 0.3) is 0 Å². The van der Waals surface area contributed by atoms with Crippen LogP contribution < -0.4 is 0 Å². The van der Waals surface area contributed by atoms with Crippen LogP contribution in [0.5, 0.6) is 0 Å². The van der Waals surface area contributed by atoms with E-state index in [2.05, 4.69) is 0 Å². The molecule has 5 nitrogen and oxygen atoms in total. The van der Waals surface area contributed by atoms with E-state index in [9.17, 15) is 18.3 Å². The van der Waals surface area contributed by atoms with Gasteiger partial charge >= 0.3 is 5.97 Å². The quantitative estimate of drug-likeness (QED) is 0.784. The Morgan fingerprint density at radius 2 is 1.72 bits per heavy atom. The fraction of sp³-hybridized carbons (Fsp3) is 0.182. The Kier molecular flexibility index (Phi) is 3.61. The van der Waals surface area contributed by atoms with E-state index >= 15 is 0 Å². The van der Waals surface area contributed by atoms with E-state index in [1.165, 1.54) is 24.3 Å². The van der Waals surface area contributed by atoms with Gasteiger partial charge in [-0.05, 0) is 24.3 Å². The second kappa shape index (κ2) is 5.18. The molecule has 94 valence electrons. The van der Waals surface area contributed by atoms with Crippen molar-refractivity contribution in [2.24, 2.45) is 0 Å². The van der Waals surface area contributed by atoms with Crippen LogP contribution in [-0.4, -0.2) is 22.8 Å². The van der Waals surface area contributed by atoms with Gasteiger partial charge in [-0.15, -0.1) is 5.06 Å². The summed E-state index contributed by atoms with van der Waals surface area (Å²) < 4.78 is 12.2. The van der Waals surface area contributed by atoms with Crippen LogP contribution in [0.4, 0.5) is 3.89 Å². The van der Waals surface area contributed by atoms with Gasteiger partial charge in [0.1, 0.15) is 0 Å². The standard InChI is InChI=1S/C11H8FNO4S/c12-18-8-3-1-7(2-4-8)11(16)17-13-9(14)5-6-10(13)15/h1-4H,5-6H2. The van der Waals surface area contributed by atoms with E-state index in [0.717, 1.165) is 0 Å². The molecule has 0 atom stereocenters. The molecule has 1 fully saturated rings. The first-order valence-corrected chi connectivity index (χ1v) is 5.80. The van der Waals surface area contributed by atoms with Crippen molar-refractivity contribution in [3.05, 3.63) is 29.8 Å². The third-order valence-corrected chi connectivity index (χ3v) is 2.81. The van der Waals surface area contributed by atoms with Crippen LogP contribution in [0.2, 0.25) is 0 Å². The lowest BCUT2D eigenvalue weighted by molar-refractivity contribution is -0.172. The number of hydroxylamine groups is 2. The highest BCUT2D eigenvalue weighted by Gasteiger charge is 2.33. The maximum Gasteiger partial charge on any atom is 0.363 e. The van der Waals surface area contributed by atoms with Crippen molar-refractivity contribution in [1.82, 2.24) is 5.06 Å². The van der Waals surface area contributed by atoms with E-state index in [4.69, 9.17) is 4.84 Å². The summed E-state index contributed by atoms with van der Waals surface area (Å²) in [6, 6.07) is 5.51. The number of carbonyl (C=O) groups excluding carboxylic acids is 3. The van der Waals surface area contributed by atoms with Crippen molar-refractivity contribution in [3.63, 3.8) is 0 Å². The molecule has 1 aromatic rings. The lowest BCUT2D eigenvalue weighted by Gasteiger charge is -2.12. The summed E-state index contributed by atoms with van der Waals surface area (Å²) in [6.07, 6.45) is 0.0904. The van der Waals surface area contributed by atoms with Crippen LogP contribution in [0.1, 0.15) is 23.2 Å². The SMILES string of the molecule is O=C(ON1C(=O)CCC1=O)c1ccc(SF)cc1. The molecule has 0 radical (unpaired) electrons. The Morgan fingerprint density at radius 1 is 1.17 bits per heavy atom. The normalized spacial score (nSPS) is 15.1. The molecule has 0 aliphatic carbocycles. The number of hydrogen-bond acceptors (Lipinski definition) is 5. The van der Waals surface area contributed by atoms with Crippen LogP contribution >= 0.6 is 12.1 Å². The van der Waals surface area contributed by atoms with E-state index in [-0.39, 0.29) is 30.6 Å². The highest BCUT2D eigenvalue weighted by atomic mass is 32.2. The summed E-state index contributed by atoms with van der Waals surface area (Å²) in [6.45, 7) is 0. The van der Waals surface area contributed by atoms with Crippen molar-refractivity contribution in [1.29, 1.82) is 0 Å². The maximum absolute atomic E-state index is 12.2. The molecule has 2 amide bonds. The number of carbonyl (C=O) groups is 3. The van der Waals surface area contributed by atoms with Crippen molar-refractivity contribution >= 4 is 29.9 Å². The lowest BCUT2D eigenvalue weighted by Crippen LogP contribution is -2.32. The number of imide groups is 1. The summed E-state index contributed by atoms with van der Waals surface area (Å²) >= 11 is 0.0521. The topological polar surface area (TPSA) is 63.7 Å². The molecule has 7 heteroatoms. The monoisotopic (exact) mass is 269 g/mol. The second-order valence-electron chi connectivity index (χ2n) is 3.56. The van der Waals surface area contributed by atoms with Gasteiger partial charge in [0, 0.05) is 17.7 Å². The molecular weight excluding hydrogens is 261 g/mol. The molecule has 0 saturated carbocycles. The van der Waals surface area contributed by atoms with E-state index in [1.54, 1.807) is 0 Å². The number of rotatable bonds is 3. The van der Waals surface area contributed by atoms with Crippen molar-refractivity contribution in [2.45, 2.75) is 17.7 Å². The van der Waals surface area contributed by atoms with Gasteiger partial charge in [-0.1, -0.05) is 0 Å². The minimum Gasteiger partial charge on any atom is -0.325 e. The molecule has 0 bridgehead atoms. The average molecular weight is 269 g/mol. The summed E-state index contributed by atoms with van der Waals surface area (Å²) in [4.78, 5) is 39.1. The Morgan fingerprint density at radius 3 is 2.22 bits per heavy atom. The van der Waals surface area contributed by atoms with Crippen LogP contribution in [-0.2, 0) is 14.4 Å². The highest BCUT2D eigenvalue weighted by Crippen LogP contribution is 2.20. The number of hydrogen-bond donors (Lipinski definition) is 0. The zero-order valence-corrected chi connectivity index (χ0v) is 9.91. The van der Waals surface area contributed by atoms with E-state index in [1.807, 2.05) is 0 Å². The van der Waals surface area contributed by atoms with Gasteiger partial charge in [0.05, 0.1) is 17.7 Å². The minimum atomic E-state index is -0.825. The first kappa shape index (κ1) is 12.6. The average Bonchev–Trinajstić information content (AvgIpc) is 2.70. The Labute approximate surface area is 106 Å². The Balaban J connectivity index is 2.07. The van der Waals surface area contributed by atoms with Gasteiger partial charge in [-0.3, -0.25) is 9.59 Å². The molecule has 2 rings (SSSR count). The molecule has 0 aromatic heterocycles. The highest BCUT2D eigenvalue weighted by molar-refractivity contribution is 7.94. The molecule has 0 unspecified atom stereocenters. The Bertz CT molecular complexity index is 486. The molecule has 1 saturated heterocycles. The zero-order valence-electron chi connectivity index (χ0n) is 9.09. The zero-order chi connectivity index (χ0) is 13.1. The third kappa shape index (κ3) is 2.51. The number of amides is 2. The first-order valence-electron chi connectivity index (χ1n) is 5.08. The fourth-order valence-corrected chi connectivity index (χ4v) is 1.67. The summed E-state index contributed by atoms with van der Waals surface area (Å²) in [5.41, 5.74) is 0.139.